The summed E-state index contributed by atoms with van der Waals surface area (Å²) in [5, 5.41) is 9.22. The van der Waals surface area contributed by atoms with E-state index >= 15 is 0 Å². The number of hydrogen-bond acceptors (Lipinski definition) is 7. The van der Waals surface area contributed by atoms with Gasteiger partial charge in [-0.15, -0.1) is 0 Å². The maximum absolute atomic E-state index is 14.7. The third-order valence-corrected chi connectivity index (χ3v) is 8.88. The molecule has 0 saturated carbocycles. The second-order valence-corrected chi connectivity index (χ2v) is 11.8. The lowest BCUT2D eigenvalue weighted by molar-refractivity contribution is 0.0798. The number of ether oxygens (including phenoxy) is 2. The van der Waals surface area contributed by atoms with E-state index in [0.29, 0.717) is 31.5 Å². The van der Waals surface area contributed by atoms with Gasteiger partial charge in [0.25, 0.3) is 0 Å². The average molecular weight is 607 g/mol. The Morgan fingerprint density at radius 2 is 1.53 bits per heavy atom. The number of aryl methyl sites for hydroxylation is 1. The maximum Gasteiger partial charge on any atom is 0.226 e. The fraction of sp³-hybridized carbons (Fsp3) is 0.333. The molecule has 9 heteroatoms. The van der Waals surface area contributed by atoms with Crippen LogP contribution in [0.15, 0.2) is 91.0 Å². The molecule has 2 aromatic heterocycles. The number of aromatic nitrogens is 3. The van der Waals surface area contributed by atoms with E-state index in [1.54, 1.807) is 0 Å². The number of benzene rings is 3. The summed E-state index contributed by atoms with van der Waals surface area (Å²) in [5.41, 5.74) is 5.94. The van der Waals surface area contributed by atoms with E-state index in [9.17, 15) is 4.39 Å². The largest absolute Gasteiger partial charge is 0.473 e. The minimum absolute atomic E-state index is 0.00829. The van der Waals surface area contributed by atoms with Crippen LogP contribution in [0.3, 0.4) is 0 Å². The van der Waals surface area contributed by atoms with Crippen LogP contribution in [-0.4, -0.2) is 71.1 Å². The number of piperidine rings is 1. The summed E-state index contributed by atoms with van der Waals surface area (Å²) >= 11 is 0. The predicted octanol–water partition coefficient (Wildman–Crippen LogP) is 5.62. The van der Waals surface area contributed by atoms with Gasteiger partial charge < -0.3 is 19.7 Å². The van der Waals surface area contributed by atoms with Gasteiger partial charge in [0.15, 0.2) is 0 Å². The Bertz CT molecular complexity index is 1720. The summed E-state index contributed by atoms with van der Waals surface area (Å²) in [6.45, 7) is 5.50. The number of nitrogens with one attached hydrogen (secondary N) is 1. The number of anilines is 1. The van der Waals surface area contributed by atoms with Crippen molar-refractivity contribution in [2.75, 3.05) is 44.2 Å². The van der Waals surface area contributed by atoms with Crippen molar-refractivity contribution in [1.29, 1.82) is 0 Å². The molecule has 45 heavy (non-hydrogen) atoms. The first-order valence-electron chi connectivity index (χ1n) is 15.8. The molecule has 2 atom stereocenters. The number of halogens is 1. The summed E-state index contributed by atoms with van der Waals surface area (Å²) in [7, 11) is 1.99. The molecule has 5 aromatic rings. The molecule has 2 aliphatic rings. The monoisotopic (exact) mass is 606 g/mol. The van der Waals surface area contributed by atoms with Gasteiger partial charge in [-0.1, -0.05) is 72.8 Å². The average Bonchev–Trinajstić information content (AvgIpc) is 3.44. The van der Waals surface area contributed by atoms with E-state index in [2.05, 4.69) is 33.3 Å². The number of piperazine rings is 1. The smallest absolute Gasteiger partial charge is 0.226 e. The number of fused-ring (bicyclic) bond motifs is 1. The highest BCUT2D eigenvalue weighted by atomic mass is 19.1. The van der Waals surface area contributed by atoms with Crippen molar-refractivity contribution in [2.45, 2.75) is 31.8 Å². The lowest BCUT2D eigenvalue weighted by Gasteiger charge is -2.42. The molecule has 0 amide bonds. The van der Waals surface area contributed by atoms with Crippen LogP contribution in [0.2, 0.25) is 0 Å². The van der Waals surface area contributed by atoms with Crippen LogP contribution in [-0.2, 0) is 20.3 Å². The second kappa shape index (κ2) is 13.3. The van der Waals surface area contributed by atoms with E-state index in [1.165, 1.54) is 0 Å². The molecule has 2 unspecified atom stereocenters. The first kappa shape index (κ1) is 29.3. The number of nitrogens with zero attached hydrogens (tertiary/aromatic N) is 5. The lowest BCUT2D eigenvalue weighted by atomic mass is 10.0. The van der Waals surface area contributed by atoms with Crippen LogP contribution in [0.5, 0.6) is 11.8 Å². The molecular weight excluding hydrogens is 567 g/mol. The van der Waals surface area contributed by atoms with Crippen LogP contribution in [0.1, 0.15) is 17.5 Å². The molecule has 8 nitrogen and oxygen atoms in total. The first-order valence-corrected chi connectivity index (χ1v) is 15.8. The normalized spacial score (nSPS) is 19.1. The van der Waals surface area contributed by atoms with Crippen molar-refractivity contribution in [3.63, 3.8) is 0 Å². The standard InChI is InChI=1S/C36H39FN6O2/c1-41-35-28(13-8-14-32(35)43-21-19-42(20-22-43)31-17-18-38-23-30(31)37)34(40-41)29-15-16-33(44-24-26-9-4-2-5-10-26)39-36(29)45-25-27-11-6-3-7-12-27/h2-16,30-31,38H,17-25H2,1H3. The van der Waals surface area contributed by atoms with Gasteiger partial charge in [-0.05, 0) is 36.2 Å². The minimum atomic E-state index is -0.810. The van der Waals surface area contributed by atoms with E-state index in [-0.39, 0.29) is 6.04 Å². The molecule has 2 saturated heterocycles. The van der Waals surface area contributed by atoms with Crippen molar-refractivity contribution in [3.05, 3.63) is 102 Å². The zero-order valence-corrected chi connectivity index (χ0v) is 25.6. The highest BCUT2D eigenvalue weighted by Crippen LogP contribution is 2.38. The van der Waals surface area contributed by atoms with Crippen molar-refractivity contribution in [1.82, 2.24) is 25.0 Å². The van der Waals surface area contributed by atoms with Gasteiger partial charge in [0.05, 0.1) is 16.8 Å². The number of pyridine rings is 1. The number of alkyl halides is 1. The van der Waals surface area contributed by atoms with Crippen LogP contribution in [0, 0.1) is 0 Å². The Hall–Kier alpha value is -4.47. The zero-order valence-electron chi connectivity index (χ0n) is 25.6. The van der Waals surface area contributed by atoms with Crippen molar-refractivity contribution in [3.8, 4) is 23.0 Å². The highest BCUT2D eigenvalue weighted by molar-refractivity contribution is 6.01. The number of hydrogen-bond donors (Lipinski definition) is 1. The minimum Gasteiger partial charge on any atom is -0.473 e. The molecule has 0 aliphatic carbocycles. The summed E-state index contributed by atoms with van der Waals surface area (Å²) in [4.78, 5) is 9.56. The van der Waals surface area contributed by atoms with Gasteiger partial charge >= 0.3 is 0 Å². The number of rotatable bonds is 9. The van der Waals surface area contributed by atoms with Crippen molar-refractivity contribution in [2.24, 2.45) is 7.05 Å². The quantitative estimate of drug-likeness (QED) is 0.234. The Kier molecular flexibility index (Phi) is 8.62. The van der Waals surface area contributed by atoms with Gasteiger partial charge in [-0.25, -0.2) is 4.39 Å². The highest BCUT2D eigenvalue weighted by Gasteiger charge is 2.32. The Labute approximate surface area is 263 Å². The Morgan fingerprint density at radius 3 is 2.24 bits per heavy atom. The predicted molar refractivity (Wildman–Crippen MR) is 175 cm³/mol. The van der Waals surface area contributed by atoms with Gasteiger partial charge in [-0.2, -0.15) is 10.1 Å². The van der Waals surface area contributed by atoms with Crippen molar-refractivity contribution < 1.29 is 13.9 Å². The topological polar surface area (TPSA) is 67.7 Å². The lowest BCUT2D eigenvalue weighted by Crippen LogP contribution is -2.57. The molecule has 2 aliphatic heterocycles. The molecule has 2 fully saturated rings. The number of para-hydroxylation sites is 1. The van der Waals surface area contributed by atoms with Gasteiger partial charge in [0, 0.05) is 57.3 Å². The summed E-state index contributed by atoms with van der Waals surface area (Å²) in [5.74, 6) is 0.972. The molecule has 0 spiro atoms. The van der Waals surface area contributed by atoms with E-state index in [4.69, 9.17) is 19.6 Å². The summed E-state index contributed by atoms with van der Waals surface area (Å²) in [6.07, 6.45) is 0.0519. The van der Waals surface area contributed by atoms with Gasteiger partial charge in [-0.3, -0.25) is 9.58 Å². The summed E-state index contributed by atoms with van der Waals surface area (Å²) in [6, 6.07) is 30.4. The Morgan fingerprint density at radius 1 is 0.822 bits per heavy atom. The van der Waals surface area contributed by atoms with Crippen molar-refractivity contribution >= 4 is 16.6 Å². The molecular formula is C36H39FN6O2. The molecule has 3 aromatic carbocycles. The second-order valence-electron chi connectivity index (χ2n) is 11.8. The molecule has 4 heterocycles. The van der Waals surface area contributed by atoms with Crippen LogP contribution in [0.25, 0.3) is 22.2 Å². The van der Waals surface area contributed by atoms with Crippen LogP contribution in [0.4, 0.5) is 10.1 Å². The van der Waals surface area contributed by atoms with E-state index in [0.717, 1.165) is 78.1 Å². The van der Waals surface area contributed by atoms with Gasteiger partial charge in [0.1, 0.15) is 25.1 Å². The third-order valence-electron chi connectivity index (χ3n) is 8.88. The molecule has 0 radical (unpaired) electrons. The summed E-state index contributed by atoms with van der Waals surface area (Å²) < 4.78 is 29.0. The van der Waals surface area contributed by atoms with Gasteiger partial charge in [0.2, 0.25) is 11.8 Å². The molecule has 1 N–H and O–H groups in total. The molecule has 0 bridgehead atoms. The third kappa shape index (κ3) is 6.36. The maximum atomic E-state index is 14.7. The fourth-order valence-corrected chi connectivity index (χ4v) is 6.53. The first-order chi connectivity index (χ1) is 22.1. The SMILES string of the molecule is Cn1nc(-c2ccc(OCc3ccccc3)nc2OCc2ccccc2)c2cccc(N3CCN(C4CCNCC4F)CC3)c21. The zero-order chi connectivity index (χ0) is 30.6. The Balaban J connectivity index is 1.17. The fourth-order valence-electron chi connectivity index (χ4n) is 6.53. The van der Waals surface area contributed by atoms with E-state index in [1.807, 2.05) is 84.5 Å². The van der Waals surface area contributed by atoms with E-state index < -0.39 is 6.17 Å². The molecule has 7 rings (SSSR count). The molecule has 232 valence electrons. The van der Waals surface area contributed by atoms with Crippen LogP contribution >= 0.6 is 0 Å². The van der Waals surface area contributed by atoms with Crippen LogP contribution < -0.4 is 19.7 Å².